The number of hydrogen-bond donors (Lipinski definition) is 2. The minimum Gasteiger partial charge on any atom is -0.462 e. The van der Waals surface area contributed by atoms with Crippen LogP contribution >= 0.6 is 7.82 Å². The van der Waals surface area contributed by atoms with E-state index >= 15 is 0 Å². The summed E-state index contributed by atoms with van der Waals surface area (Å²) in [4.78, 5) is 42.8. The molecule has 2 unspecified atom stereocenters. The highest BCUT2D eigenvalue weighted by molar-refractivity contribution is 7.46. The van der Waals surface area contributed by atoms with E-state index in [-0.39, 0.29) is 19.4 Å². The molecule has 0 spiro atoms. The van der Waals surface area contributed by atoms with Gasteiger partial charge >= 0.3 is 19.8 Å². The minimum absolute atomic E-state index is 0.0765. The predicted octanol–water partition coefficient (Wildman–Crippen LogP) is 11.4. The third kappa shape index (κ3) is 33.7. The maximum absolute atomic E-state index is 12.4. The Labute approximate surface area is 327 Å². The Morgan fingerprint density at radius 3 is 1.67 bits per heavy atom. The quantitative estimate of drug-likeness (QED) is 0.0212. The van der Waals surface area contributed by atoms with Gasteiger partial charge in [0.1, 0.15) is 6.61 Å². The molecule has 10 heteroatoms. The first-order valence-electron chi connectivity index (χ1n) is 20.5. The number of epoxide rings is 1. The number of phosphoric acid groups is 1. The first-order valence-corrected chi connectivity index (χ1v) is 22.0. The van der Waals surface area contributed by atoms with Gasteiger partial charge in [-0.2, -0.15) is 0 Å². The predicted molar refractivity (Wildman–Crippen MR) is 220 cm³/mol. The van der Waals surface area contributed by atoms with Crippen LogP contribution in [0, 0.1) is 0 Å². The Morgan fingerprint density at radius 2 is 1.09 bits per heavy atom. The number of esters is 2. The summed E-state index contributed by atoms with van der Waals surface area (Å²) in [6, 6.07) is 0. The van der Waals surface area contributed by atoms with Crippen LogP contribution < -0.4 is 0 Å². The second kappa shape index (κ2) is 34.7. The van der Waals surface area contributed by atoms with Crippen molar-refractivity contribution in [3.05, 3.63) is 85.1 Å². The summed E-state index contributed by atoms with van der Waals surface area (Å²) >= 11 is 0. The summed E-state index contributed by atoms with van der Waals surface area (Å²) in [7, 11) is -4.78. The van der Waals surface area contributed by atoms with Crippen molar-refractivity contribution >= 4 is 19.8 Å². The van der Waals surface area contributed by atoms with Gasteiger partial charge in [0, 0.05) is 12.8 Å². The lowest BCUT2D eigenvalue weighted by Crippen LogP contribution is -2.29. The number of carbonyl (C=O) groups excluding carboxylic acids is 2. The van der Waals surface area contributed by atoms with Gasteiger partial charge < -0.3 is 24.0 Å². The molecule has 1 fully saturated rings. The van der Waals surface area contributed by atoms with Gasteiger partial charge in [0.05, 0.1) is 18.8 Å². The summed E-state index contributed by atoms with van der Waals surface area (Å²) in [6.45, 7) is 3.45. The van der Waals surface area contributed by atoms with Gasteiger partial charge in [-0.15, -0.1) is 0 Å². The largest absolute Gasteiger partial charge is 0.469 e. The van der Waals surface area contributed by atoms with Crippen LogP contribution in [0.15, 0.2) is 85.1 Å². The van der Waals surface area contributed by atoms with E-state index in [0.717, 1.165) is 83.5 Å². The Hall–Kier alpha value is -2.81. The normalized spacial score (nSPS) is 17.1. The van der Waals surface area contributed by atoms with E-state index in [1.165, 1.54) is 25.7 Å². The van der Waals surface area contributed by atoms with Crippen molar-refractivity contribution in [2.75, 3.05) is 13.2 Å². The standard InChI is InChI=1S/C44H71O9P/c1-3-5-7-8-9-10-11-12-13-14-15-19-22-25-28-32-36-43(45)50-38-40(39-51-54(47,48)49)52-44(46)37-33-29-26-23-20-17-16-18-21-24-27-31-35-42-41(53-42)34-30-6-4-2/h6,9-10,12-13,17-18,20-21,26-27,29-31,40-42H,3-5,7-8,11,14-16,19,22-25,28,32-39H2,1-2H3,(H2,47,48,49)/b10-9-,13-12-,20-17-,21-18-,29-26-,30-6-,31-27-/t40-,41?,42?/m1/s1. The fourth-order valence-corrected chi connectivity index (χ4v) is 5.77. The van der Waals surface area contributed by atoms with Crippen LogP contribution in [0.3, 0.4) is 0 Å². The molecular formula is C44H71O9P. The molecule has 0 amide bonds. The molecule has 1 aliphatic heterocycles. The molecule has 1 aliphatic rings. The van der Waals surface area contributed by atoms with Crippen molar-refractivity contribution in [2.45, 2.75) is 167 Å². The smallest absolute Gasteiger partial charge is 0.462 e. The topological polar surface area (TPSA) is 132 Å². The zero-order valence-electron chi connectivity index (χ0n) is 33.3. The van der Waals surface area contributed by atoms with Gasteiger partial charge in [-0.25, -0.2) is 4.57 Å². The molecule has 0 aromatic carbocycles. The van der Waals surface area contributed by atoms with E-state index in [4.69, 9.17) is 24.0 Å². The van der Waals surface area contributed by atoms with Crippen molar-refractivity contribution in [3.63, 3.8) is 0 Å². The van der Waals surface area contributed by atoms with Crippen LogP contribution in [0.4, 0.5) is 0 Å². The van der Waals surface area contributed by atoms with E-state index in [0.29, 0.717) is 25.0 Å². The number of carbonyl (C=O) groups is 2. The molecule has 0 aliphatic carbocycles. The average molecular weight is 775 g/mol. The molecule has 0 aromatic heterocycles. The lowest BCUT2D eigenvalue weighted by molar-refractivity contribution is -0.161. The maximum Gasteiger partial charge on any atom is 0.469 e. The highest BCUT2D eigenvalue weighted by Crippen LogP contribution is 2.36. The van der Waals surface area contributed by atoms with Crippen LogP contribution in [0.2, 0.25) is 0 Å². The molecule has 1 heterocycles. The molecule has 9 nitrogen and oxygen atoms in total. The molecule has 1 saturated heterocycles. The minimum atomic E-state index is -4.78. The maximum atomic E-state index is 12.4. The zero-order valence-corrected chi connectivity index (χ0v) is 34.2. The van der Waals surface area contributed by atoms with Crippen molar-refractivity contribution in [1.82, 2.24) is 0 Å². The molecule has 0 aromatic rings. The third-order valence-corrected chi connectivity index (χ3v) is 9.05. The molecule has 54 heavy (non-hydrogen) atoms. The molecule has 2 N–H and O–H groups in total. The van der Waals surface area contributed by atoms with Gasteiger partial charge in [-0.1, -0.05) is 137 Å². The van der Waals surface area contributed by atoms with E-state index in [9.17, 15) is 14.2 Å². The highest BCUT2D eigenvalue weighted by Gasteiger charge is 2.35. The lowest BCUT2D eigenvalue weighted by atomic mass is 10.1. The van der Waals surface area contributed by atoms with Crippen LogP contribution in [0.25, 0.3) is 0 Å². The molecule has 0 saturated carbocycles. The number of ether oxygens (including phenoxy) is 3. The fraction of sp³-hybridized carbons (Fsp3) is 0.636. The van der Waals surface area contributed by atoms with Crippen LogP contribution in [0.5, 0.6) is 0 Å². The lowest BCUT2D eigenvalue weighted by Gasteiger charge is -2.18. The number of phosphoric ester groups is 1. The van der Waals surface area contributed by atoms with Gasteiger partial charge in [-0.05, 0) is 83.5 Å². The van der Waals surface area contributed by atoms with Crippen LogP contribution in [0.1, 0.15) is 149 Å². The molecule has 306 valence electrons. The van der Waals surface area contributed by atoms with Gasteiger partial charge in [0.25, 0.3) is 0 Å². The van der Waals surface area contributed by atoms with E-state index in [1.54, 1.807) is 0 Å². The van der Waals surface area contributed by atoms with Crippen LogP contribution in [-0.4, -0.2) is 53.3 Å². The molecule has 0 radical (unpaired) electrons. The van der Waals surface area contributed by atoms with Crippen LogP contribution in [-0.2, 0) is 32.9 Å². The van der Waals surface area contributed by atoms with Crippen molar-refractivity contribution in [3.8, 4) is 0 Å². The van der Waals surface area contributed by atoms with E-state index < -0.39 is 32.5 Å². The van der Waals surface area contributed by atoms with E-state index in [1.807, 2.05) is 12.2 Å². The molecule has 3 atom stereocenters. The Balaban J connectivity index is 2.14. The molecular weight excluding hydrogens is 703 g/mol. The molecule has 1 rings (SSSR count). The van der Waals surface area contributed by atoms with Crippen molar-refractivity contribution < 1.29 is 42.7 Å². The fourth-order valence-electron chi connectivity index (χ4n) is 5.41. The summed E-state index contributed by atoms with van der Waals surface area (Å²) < 4.78 is 32.0. The zero-order chi connectivity index (χ0) is 39.4. The summed E-state index contributed by atoms with van der Waals surface area (Å²) in [5.41, 5.74) is 0. The monoisotopic (exact) mass is 774 g/mol. The van der Waals surface area contributed by atoms with Crippen molar-refractivity contribution in [2.24, 2.45) is 0 Å². The summed E-state index contributed by atoms with van der Waals surface area (Å²) in [5, 5.41) is 0. The third-order valence-electron chi connectivity index (χ3n) is 8.56. The number of unbranched alkanes of at least 4 members (excludes halogenated alkanes) is 9. The SMILES string of the molecule is CC/C=C\CC1OC1C/C=C\C/C=C\C/C=C\C/C=C\CCC(=O)O[C@H](COC(=O)CCCCCCCC/C=C\C/C=C\CCCCC)COP(=O)(O)O. The number of hydrogen-bond acceptors (Lipinski definition) is 7. The highest BCUT2D eigenvalue weighted by atomic mass is 31.2. The summed E-state index contributed by atoms with van der Waals surface area (Å²) in [5.74, 6) is -1.01. The molecule has 0 bridgehead atoms. The van der Waals surface area contributed by atoms with Gasteiger partial charge in [0.15, 0.2) is 6.10 Å². The second-order valence-electron chi connectivity index (χ2n) is 13.6. The number of rotatable bonds is 35. The Kier molecular flexibility index (Phi) is 31.6. The first-order chi connectivity index (χ1) is 26.2. The van der Waals surface area contributed by atoms with E-state index in [2.05, 4.69) is 91.3 Å². The first kappa shape index (κ1) is 49.2. The van der Waals surface area contributed by atoms with Crippen molar-refractivity contribution in [1.29, 1.82) is 0 Å². The summed E-state index contributed by atoms with van der Waals surface area (Å²) in [6.07, 6.45) is 49.2. The Bertz CT molecular complexity index is 1210. The van der Waals surface area contributed by atoms with Gasteiger partial charge in [-0.3, -0.25) is 14.1 Å². The van der Waals surface area contributed by atoms with Gasteiger partial charge in [0.2, 0.25) is 0 Å². The Morgan fingerprint density at radius 1 is 0.593 bits per heavy atom. The second-order valence-corrected chi connectivity index (χ2v) is 14.9. The number of allylic oxidation sites excluding steroid dienone is 12. The average Bonchev–Trinajstić information content (AvgIpc) is 3.90.